The minimum atomic E-state index is -0.651. The molecule has 3 aromatic rings. The Labute approximate surface area is 166 Å². The van der Waals surface area contributed by atoms with Crippen molar-refractivity contribution >= 4 is 23.1 Å². The summed E-state index contributed by atoms with van der Waals surface area (Å²) in [7, 11) is 0. The number of pyridine rings is 1. The Hall–Kier alpha value is -3.26. The lowest BCUT2D eigenvalue weighted by atomic mass is 9.92. The number of anilines is 1. The Kier molecular flexibility index (Phi) is 5.26. The molecule has 1 saturated carbocycles. The van der Waals surface area contributed by atoms with Crippen LogP contribution in [0.3, 0.4) is 0 Å². The third-order valence-electron chi connectivity index (χ3n) is 5.17. The van der Waals surface area contributed by atoms with Crippen molar-refractivity contribution in [1.82, 2.24) is 14.7 Å². The number of nitrogens with one attached hydrogen (secondary N) is 2. The number of benzene rings is 1. The van der Waals surface area contributed by atoms with Crippen LogP contribution in [-0.2, 0) is 0 Å². The van der Waals surface area contributed by atoms with Gasteiger partial charge in [0.15, 0.2) is 0 Å². The van der Waals surface area contributed by atoms with E-state index in [1.165, 1.54) is 18.3 Å². The van der Waals surface area contributed by atoms with E-state index < -0.39 is 23.7 Å². The molecule has 2 aromatic heterocycles. The first-order chi connectivity index (χ1) is 14.0. The molecule has 0 saturated heterocycles. The Morgan fingerprint density at radius 3 is 2.79 bits per heavy atom. The van der Waals surface area contributed by atoms with Crippen LogP contribution in [0.5, 0.6) is 0 Å². The molecular formula is C21H21FN4O3. The van der Waals surface area contributed by atoms with Crippen LogP contribution in [-0.4, -0.2) is 38.5 Å². The quantitative estimate of drug-likeness (QED) is 0.632. The van der Waals surface area contributed by atoms with Crippen LogP contribution < -0.4 is 10.6 Å². The average molecular weight is 396 g/mol. The minimum absolute atomic E-state index is 0.0993. The SMILES string of the molecule is O=C(N[C@H]1CCCC[C@H]1O)c1ccc(F)c(NC(=O)c2cnc3ccccn23)c1. The molecule has 3 N–H and O–H groups in total. The molecule has 29 heavy (non-hydrogen) atoms. The Morgan fingerprint density at radius 1 is 1.14 bits per heavy atom. The van der Waals surface area contributed by atoms with Crippen LogP contribution in [0.1, 0.15) is 46.5 Å². The number of hydrogen-bond donors (Lipinski definition) is 3. The van der Waals surface area contributed by atoms with Crippen LogP contribution in [0.25, 0.3) is 5.65 Å². The zero-order valence-electron chi connectivity index (χ0n) is 15.6. The van der Waals surface area contributed by atoms with Gasteiger partial charge in [-0.3, -0.25) is 14.0 Å². The van der Waals surface area contributed by atoms with E-state index in [4.69, 9.17) is 0 Å². The summed E-state index contributed by atoms with van der Waals surface area (Å²) in [6, 6.07) is 8.77. The number of carbonyl (C=O) groups is 2. The van der Waals surface area contributed by atoms with Gasteiger partial charge in [-0.05, 0) is 43.2 Å². The van der Waals surface area contributed by atoms with Crippen molar-refractivity contribution in [2.75, 3.05) is 5.32 Å². The maximum absolute atomic E-state index is 14.3. The van der Waals surface area contributed by atoms with Crippen molar-refractivity contribution in [3.63, 3.8) is 0 Å². The molecule has 0 unspecified atom stereocenters. The normalized spacial score (nSPS) is 19.1. The summed E-state index contributed by atoms with van der Waals surface area (Å²) in [6.45, 7) is 0. The van der Waals surface area contributed by atoms with E-state index >= 15 is 0 Å². The number of carbonyl (C=O) groups excluding carboxylic acids is 2. The molecule has 1 aromatic carbocycles. The fourth-order valence-corrected chi connectivity index (χ4v) is 3.58. The number of rotatable bonds is 4. The largest absolute Gasteiger partial charge is 0.391 e. The maximum atomic E-state index is 14.3. The fourth-order valence-electron chi connectivity index (χ4n) is 3.58. The van der Waals surface area contributed by atoms with Crippen LogP contribution in [0.2, 0.25) is 0 Å². The molecule has 150 valence electrons. The predicted octanol–water partition coefficient (Wildman–Crippen LogP) is 2.76. The van der Waals surface area contributed by atoms with Gasteiger partial charge < -0.3 is 15.7 Å². The Bertz CT molecular complexity index is 1070. The van der Waals surface area contributed by atoms with E-state index in [1.807, 2.05) is 0 Å². The summed E-state index contributed by atoms with van der Waals surface area (Å²) in [6.07, 6.45) is 5.73. The molecule has 1 aliphatic rings. The minimum Gasteiger partial charge on any atom is -0.391 e. The maximum Gasteiger partial charge on any atom is 0.274 e. The Morgan fingerprint density at radius 2 is 1.97 bits per heavy atom. The number of imidazole rings is 1. The third kappa shape index (κ3) is 3.97. The molecule has 2 amide bonds. The number of amides is 2. The number of halogens is 1. The standard InChI is InChI=1S/C21H21FN4O3/c22-14-9-8-13(20(28)24-15-5-1-2-6-18(15)27)11-16(14)25-21(29)17-12-23-19-7-3-4-10-26(17)19/h3-4,7-12,15,18,27H,1-2,5-6H2,(H,24,28)(H,25,29)/t15-,18+/m0/s1. The number of nitrogens with zero attached hydrogens (tertiary/aromatic N) is 2. The van der Waals surface area contributed by atoms with Gasteiger partial charge in [-0.2, -0.15) is 0 Å². The van der Waals surface area contributed by atoms with Crippen LogP contribution in [0.15, 0.2) is 48.8 Å². The molecular weight excluding hydrogens is 375 g/mol. The van der Waals surface area contributed by atoms with Crippen molar-refractivity contribution in [2.45, 2.75) is 37.8 Å². The van der Waals surface area contributed by atoms with Gasteiger partial charge in [0.25, 0.3) is 11.8 Å². The highest BCUT2D eigenvalue weighted by atomic mass is 19.1. The second-order valence-electron chi connectivity index (χ2n) is 7.15. The van der Waals surface area contributed by atoms with Gasteiger partial charge in [-0.15, -0.1) is 0 Å². The number of aliphatic hydroxyl groups is 1. The van der Waals surface area contributed by atoms with E-state index in [0.717, 1.165) is 18.9 Å². The van der Waals surface area contributed by atoms with Crippen LogP contribution in [0, 0.1) is 5.82 Å². The highest BCUT2D eigenvalue weighted by Crippen LogP contribution is 2.21. The summed E-state index contributed by atoms with van der Waals surface area (Å²) in [5.41, 5.74) is 0.952. The lowest BCUT2D eigenvalue weighted by Crippen LogP contribution is -2.45. The van der Waals surface area contributed by atoms with Gasteiger partial charge in [-0.25, -0.2) is 9.37 Å². The van der Waals surface area contributed by atoms with Crippen LogP contribution >= 0.6 is 0 Å². The molecule has 0 aliphatic heterocycles. The molecule has 7 nitrogen and oxygen atoms in total. The van der Waals surface area contributed by atoms with Crippen molar-refractivity contribution in [1.29, 1.82) is 0 Å². The molecule has 0 spiro atoms. The van der Waals surface area contributed by atoms with Crippen molar-refractivity contribution < 1.29 is 19.1 Å². The molecule has 1 aliphatic carbocycles. The topological polar surface area (TPSA) is 95.7 Å². The van der Waals surface area contributed by atoms with E-state index in [2.05, 4.69) is 15.6 Å². The summed E-state index contributed by atoms with van der Waals surface area (Å²) >= 11 is 0. The van der Waals surface area contributed by atoms with Gasteiger partial charge in [-0.1, -0.05) is 18.9 Å². The first-order valence-electron chi connectivity index (χ1n) is 9.55. The van der Waals surface area contributed by atoms with Crippen molar-refractivity contribution in [3.05, 3.63) is 65.9 Å². The number of fused-ring (bicyclic) bond motifs is 1. The molecule has 0 bridgehead atoms. The first-order valence-corrected chi connectivity index (χ1v) is 9.55. The molecule has 2 atom stereocenters. The van der Waals surface area contributed by atoms with Crippen LogP contribution in [0.4, 0.5) is 10.1 Å². The number of aromatic nitrogens is 2. The smallest absolute Gasteiger partial charge is 0.274 e. The van der Waals surface area contributed by atoms with Gasteiger partial charge >= 0.3 is 0 Å². The fraction of sp³-hybridized carbons (Fsp3) is 0.286. The second kappa shape index (κ2) is 8.00. The Balaban J connectivity index is 1.52. The van der Waals surface area contributed by atoms with Gasteiger partial charge in [0.1, 0.15) is 17.2 Å². The van der Waals surface area contributed by atoms with E-state index in [0.29, 0.717) is 18.5 Å². The van der Waals surface area contributed by atoms with Gasteiger partial charge in [0.05, 0.1) is 24.0 Å². The van der Waals surface area contributed by atoms with Gasteiger partial charge in [0, 0.05) is 11.8 Å². The highest BCUT2D eigenvalue weighted by molar-refractivity contribution is 6.04. The lowest BCUT2D eigenvalue weighted by Gasteiger charge is -2.28. The van der Waals surface area contributed by atoms with Gasteiger partial charge in [0.2, 0.25) is 0 Å². The summed E-state index contributed by atoms with van der Waals surface area (Å²) < 4.78 is 15.9. The van der Waals surface area contributed by atoms with E-state index in [9.17, 15) is 19.1 Å². The predicted molar refractivity (Wildman–Crippen MR) is 105 cm³/mol. The molecule has 0 radical (unpaired) electrons. The molecule has 1 fully saturated rings. The first kappa shape index (κ1) is 19.1. The molecule has 2 heterocycles. The monoisotopic (exact) mass is 396 g/mol. The molecule has 8 heteroatoms. The summed E-state index contributed by atoms with van der Waals surface area (Å²) in [5.74, 6) is -1.61. The lowest BCUT2D eigenvalue weighted by molar-refractivity contribution is 0.0717. The zero-order valence-corrected chi connectivity index (χ0v) is 15.6. The number of aliphatic hydroxyl groups excluding tert-OH is 1. The number of hydrogen-bond acceptors (Lipinski definition) is 4. The van der Waals surface area contributed by atoms with E-state index in [-0.39, 0.29) is 23.0 Å². The molecule has 4 rings (SSSR count). The summed E-state index contributed by atoms with van der Waals surface area (Å²) in [5, 5.41) is 15.3. The van der Waals surface area contributed by atoms with E-state index in [1.54, 1.807) is 28.8 Å². The third-order valence-corrected chi connectivity index (χ3v) is 5.17. The summed E-state index contributed by atoms with van der Waals surface area (Å²) in [4.78, 5) is 29.3. The highest BCUT2D eigenvalue weighted by Gasteiger charge is 2.25. The zero-order chi connectivity index (χ0) is 20.4. The van der Waals surface area contributed by atoms with Crippen molar-refractivity contribution in [3.8, 4) is 0 Å². The second-order valence-corrected chi connectivity index (χ2v) is 7.15. The van der Waals surface area contributed by atoms with Crippen molar-refractivity contribution in [2.24, 2.45) is 0 Å². The average Bonchev–Trinajstić information content (AvgIpc) is 3.15.